The summed E-state index contributed by atoms with van der Waals surface area (Å²) < 4.78 is 15.1. The molecule has 2 aromatic carbocycles. The smallest absolute Gasteiger partial charge is 0.262 e. The molecule has 3 atom stereocenters. The highest BCUT2D eigenvalue weighted by molar-refractivity contribution is 6.23. The van der Waals surface area contributed by atoms with E-state index in [0.717, 1.165) is 10.5 Å². The minimum absolute atomic E-state index is 0.0339. The third-order valence-electron chi connectivity index (χ3n) is 6.92. The molecule has 34 heavy (non-hydrogen) atoms. The standard InChI is InChI=1S/C25H24FN3O5/c26-20-13-25(34,10-11-28(20)14-15-4-2-1-3-5-15)16-6-7-17-18(12-16)24(33)29(23(17)32)19-8-9-21(30)27-22(19)31/h1-7,12,19-20,34H,8-11,13-14H2,(H,27,30,31)/t19?,20-,25?/m0/s1. The number of nitrogens with one attached hydrogen (secondary N) is 1. The number of halogens is 1. The van der Waals surface area contributed by atoms with Crippen molar-refractivity contribution in [1.82, 2.24) is 15.1 Å². The molecular formula is C25H24FN3O5. The summed E-state index contributed by atoms with van der Waals surface area (Å²) in [6.07, 6.45) is -1.19. The molecule has 0 spiro atoms. The summed E-state index contributed by atoms with van der Waals surface area (Å²) in [6.45, 7) is 0.745. The molecule has 0 radical (unpaired) electrons. The Morgan fingerprint density at radius 2 is 1.76 bits per heavy atom. The number of hydrogen-bond acceptors (Lipinski definition) is 6. The van der Waals surface area contributed by atoms with Crippen LogP contribution in [0.2, 0.25) is 0 Å². The first-order valence-electron chi connectivity index (χ1n) is 11.3. The number of imide groups is 2. The van der Waals surface area contributed by atoms with Crippen LogP contribution in [0.25, 0.3) is 0 Å². The Hall–Kier alpha value is -3.43. The van der Waals surface area contributed by atoms with Crippen LogP contribution in [-0.4, -0.2) is 57.4 Å². The molecule has 0 aliphatic carbocycles. The highest BCUT2D eigenvalue weighted by Crippen LogP contribution is 2.39. The molecule has 2 saturated heterocycles. The third kappa shape index (κ3) is 3.80. The van der Waals surface area contributed by atoms with Crippen LogP contribution < -0.4 is 5.32 Å². The van der Waals surface area contributed by atoms with Crippen LogP contribution in [0, 0.1) is 0 Å². The molecule has 2 N–H and O–H groups in total. The van der Waals surface area contributed by atoms with Gasteiger partial charge in [0.05, 0.1) is 16.7 Å². The van der Waals surface area contributed by atoms with Crippen molar-refractivity contribution in [3.63, 3.8) is 0 Å². The SMILES string of the molecule is O=C1CCC(N2C(=O)c3ccc(C4(O)CCN(Cc5ccccc5)[C@H](F)C4)cc3C2=O)C(=O)N1. The zero-order chi connectivity index (χ0) is 24.0. The number of benzene rings is 2. The van der Waals surface area contributed by atoms with E-state index in [1.54, 1.807) is 4.90 Å². The van der Waals surface area contributed by atoms with Gasteiger partial charge in [0, 0.05) is 25.9 Å². The average molecular weight is 465 g/mol. The molecule has 3 aliphatic rings. The fraction of sp³-hybridized carbons (Fsp3) is 0.360. The first-order valence-corrected chi connectivity index (χ1v) is 11.3. The maximum Gasteiger partial charge on any atom is 0.262 e. The average Bonchev–Trinajstić information content (AvgIpc) is 3.06. The Morgan fingerprint density at radius 3 is 2.47 bits per heavy atom. The predicted octanol–water partition coefficient (Wildman–Crippen LogP) is 1.87. The van der Waals surface area contributed by atoms with Gasteiger partial charge in [-0.2, -0.15) is 0 Å². The zero-order valence-electron chi connectivity index (χ0n) is 18.4. The normalized spacial score (nSPS) is 27.6. The van der Waals surface area contributed by atoms with Crippen molar-refractivity contribution >= 4 is 23.6 Å². The minimum atomic E-state index is -1.49. The predicted molar refractivity (Wildman–Crippen MR) is 118 cm³/mol. The lowest BCUT2D eigenvalue weighted by Crippen LogP contribution is -2.54. The van der Waals surface area contributed by atoms with Crippen molar-refractivity contribution in [3.05, 3.63) is 70.8 Å². The van der Waals surface area contributed by atoms with Gasteiger partial charge in [0.1, 0.15) is 6.04 Å². The lowest BCUT2D eigenvalue weighted by atomic mass is 9.82. The van der Waals surface area contributed by atoms with E-state index in [1.165, 1.54) is 18.2 Å². The lowest BCUT2D eigenvalue weighted by molar-refractivity contribution is -0.136. The summed E-state index contributed by atoms with van der Waals surface area (Å²) in [4.78, 5) is 52.2. The van der Waals surface area contributed by atoms with Gasteiger partial charge in [-0.1, -0.05) is 36.4 Å². The Labute approximate surface area is 195 Å². The zero-order valence-corrected chi connectivity index (χ0v) is 18.4. The summed E-state index contributed by atoms with van der Waals surface area (Å²) in [5, 5.41) is 13.4. The summed E-state index contributed by atoms with van der Waals surface area (Å²) in [7, 11) is 0. The maximum absolute atomic E-state index is 15.1. The molecule has 0 saturated carbocycles. The molecule has 176 valence electrons. The Morgan fingerprint density at radius 1 is 1.03 bits per heavy atom. The number of likely N-dealkylation sites (tertiary alicyclic amines) is 1. The molecule has 9 heteroatoms. The highest BCUT2D eigenvalue weighted by Gasteiger charge is 2.46. The first-order chi connectivity index (χ1) is 16.3. The summed E-state index contributed by atoms with van der Waals surface area (Å²) in [6, 6.07) is 12.9. The second kappa shape index (κ2) is 8.41. The van der Waals surface area contributed by atoms with Gasteiger partial charge >= 0.3 is 0 Å². The Balaban J connectivity index is 1.35. The van der Waals surface area contributed by atoms with E-state index in [2.05, 4.69) is 5.32 Å². The van der Waals surface area contributed by atoms with Gasteiger partial charge in [-0.3, -0.25) is 34.3 Å². The van der Waals surface area contributed by atoms with Gasteiger partial charge in [0.15, 0.2) is 6.30 Å². The second-order valence-electron chi connectivity index (χ2n) is 9.08. The van der Waals surface area contributed by atoms with Gasteiger partial charge in [-0.15, -0.1) is 0 Å². The van der Waals surface area contributed by atoms with Gasteiger partial charge in [0.25, 0.3) is 11.8 Å². The van der Waals surface area contributed by atoms with Gasteiger partial charge in [0.2, 0.25) is 11.8 Å². The molecule has 3 heterocycles. The van der Waals surface area contributed by atoms with E-state index >= 15 is 4.39 Å². The topological polar surface area (TPSA) is 107 Å². The first kappa shape index (κ1) is 22.4. The van der Waals surface area contributed by atoms with Crippen LogP contribution in [0.3, 0.4) is 0 Å². The monoisotopic (exact) mass is 465 g/mol. The fourth-order valence-electron chi connectivity index (χ4n) is 5.00. The Kier molecular flexibility index (Phi) is 5.53. The number of alkyl halides is 1. The molecule has 0 bridgehead atoms. The molecule has 8 nitrogen and oxygen atoms in total. The van der Waals surface area contributed by atoms with Crippen LogP contribution in [-0.2, 0) is 21.7 Å². The van der Waals surface area contributed by atoms with Crippen molar-refractivity contribution < 1.29 is 28.7 Å². The van der Waals surface area contributed by atoms with Gasteiger partial charge in [-0.25, -0.2) is 4.39 Å². The van der Waals surface area contributed by atoms with E-state index in [9.17, 15) is 24.3 Å². The largest absolute Gasteiger partial charge is 0.385 e. The van der Waals surface area contributed by atoms with E-state index in [-0.39, 0.29) is 36.8 Å². The summed E-state index contributed by atoms with van der Waals surface area (Å²) in [5.74, 6) is -2.40. The quantitative estimate of drug-likeness (QED) is 0.527. The van der Waals surface area contributed by atoms with E-state index in [0.29, 0.717) is 18.7 Å². The molecule has 0 aromatic heterocycles. The number of piperidine rings is 2. The van der Waals surface area contributed by atoms with E-state index in [4.69, 9.17) is 0 Å². The number of aliphatic hydroxyl groups is 1. The van der Waals surface area contributed by atoms with E-state index in [1.807, 2.05) is 30.3 Å². The number of rotatable bonds is 4. The molecule has 4 amide bonds. The molecule has 2 fully saturated rings. The lowest BCUT2D eigenvalue weighted by Gasteiger charge is -2.41. The van der Waals surface area contributed by atoms with Gasteiger partial charge in [-0.05, 0) is 36.1 Å². The number of nitrogens with zero attached hydrogens (tertiary/aromatic N) is 2. The van der Waals surface area contributed by atoms with Crippen LogP contribution in [0.1, 0.15) is 57.5 Å². The molecular weight excluding hydrogens is 441 g/mol. The summed E-state index contributed by atoms with van der Waals surface area (Å²) >= 11 is 0. The van der Waals surface area contributed by atoms with Crippen LogP contribution in [0.5, 0.6) is 0 Å². The minimum Gasteiger partial charge on any atom is -0.385 e. The van der Waals surface area contributed by atoms with Gasteiger partial charge < -0.3 is 5.11 Å². The second-order valence-corrected chi connectivity index (χ2v) is 9.08. The highest BCUT2D eigenvalue weighted by atomic mass is 19.1. The van der Waals surface area contributed by atoms with Crippen molar-refractivity contribution in [2.45, 2.75) is 50.2 Å². The number of carbonyl (C=O) groups excluding carboxylic acids is 4. The molecule has 2 unspecified atom stereocenters. The summed E-state index contributed by atoms with van der Waals surface area (Å²) in [5.41, 5.74) is 0.0425. The third-order valence-corrected chi connectivity index (χ3v) is 6.92. The number of fused-ring (bicyclic) bond motifs is 1. The molecule has 3 aliphatic heterocycles. The van der Waals surface area contributed by atoms with Crippen LogP contribution in [0.4, 0.5) is 4.39 Å². The van der Waals surface area contributed by atoms with Crippen molar-refractivity contribution in [3.8, 4) is 0 Å². The van der Waals surface area contributed by atoms with Crippen molar-refractivity contribution in [2.24, 2.45) is 0 Å². The molecule has 2 aromatic rings. The fourth-order valence-corrected chi connectivity index (χ4v) is 5.00. The molecule has 5 rings (SSSR count). The van der Waals surface area contributed by atoms with Crippen molar-refractivity contribution in [1.29, 1.82) is 0 Å². The number of carbonyl (C=O) groups is 4. The van der Waals surface area contributed by atoms with Crippen molar-refractivity contribution in [2.75, 3.05) is 6.54 Å². The Bertz CT molecular complexity index is 1190. The van der Waals surface area contributed by atoms with Crippen LogP contribution in [0.15, 0.2) is 48.5 Å². The number of hydrogen-bond donors (Lipinski definition) is 2. The number of amides is 4. The maximum atomic E-state index is 15.1. The van der Waals surface area contributed by atoms with E-state index < -0.39 is 41.6 Å². The van der Waals surface area contributed by atoms with Crippen LogP contribution >= 0.6 is 0 Å².